The van der Waals surface area contributed by atoms with Crippen molar-refractivity contribution in [3.05, 3.63) is 59.5 Å². The van der Waals surface area contributed by atoms with E-state index in [9.17, 15) is 0 Å². The Labute approximate surface area is 181 Å². The lowest BCUT2D eigenvalue weighted by Crippen LogP contribution is -2.21. The lowest BCUT2D eigenvalue weighted by Gasteiger charge is -2.14. The maximum Gasteiger partial charge on any atom is 0.224 e. The molecule has 0 atom stereocenters. The van der Waals surface area contributed by atoms with Crippen LogP contribution in [0.3, 0.4) is 0 Å². The van der Waals surface area contributed by atoms with Crippen molar-refractivity contribution >= 4 is 28.5 Å². The summed E-state index contributed by atoms with van der Waals surface area (Å²) in [6.07, 6.45) is 7.09. The third kappa shape index (κ3) is 4.54. The molecule has 0 bridgehead atoms. The maximum atomic E-state index is 4.78. The van der Waals surface area contributed by atoms with Gasteiger partial charge in [0.05, 0.1) is 0 Å². The predicted molar refractivity (Wildman–Crippen MR) is 124 cm³/mol. The van der Waals surface area contributed by atoms with Crippen molar-refractivity contribution < 1.29 is 0 Å². The zero-order valence-corrected chi connectivity index (χ0v) is 17.9. The molecule has 31 heavy (non-hydrogen) atoms. The summed E-state index contributed by atoms with van der Waals surface area (Å²) in [6.45, 7) is 1.69. The number of anilines is 3. The first kappa shape index (κ1) is 19.6. The van der Waals surface area contributed by atoms with Crippen molar-refractivity contribution in [1.29, 1.82) is 0 Å². The van der Waals surface area contributed by atoms with Gasteiger partial charge in [-0.1, -0.05) is 12.1 Å². The number of fused-ring (bicyclic) bond motifs is 1. The Kier molecular flexibility index (Phi) is 5.30. The molecule has 0 unspecified atom stereocenters. The molecule has 1 fully saturated rings. The van der Waals surface area contributed by atoms with Crippen LogP contribution in [0.2, 0.25) is 0 Å². The van der Waals surface area contributed by atoms with Crippen molar-refractivity contribution in [2.75, 3.05) is 37.8 Å². The van der Waals surface area contributed by atoms with Gasteiger partial charge in [-0.2, -0.15) is 10.1 Å². The summed E-state index contributed by atoms with van der Waals surface area (Å²) in [5, 5.41) is 15.6. The number of hydrogen-bond acceptors (Lipinski definition) is 6. The monoisotopic (exact) mass is 416 g/mol. The smallest absolute Gasteiger partial charge is 0.224 e. The van der Waals surface area contributed by atoms with E-state index in [0.29, 0.717) is 11.9 Å². The van der Waals surface area contributed by atoms with Crippen molar-refractivity contribution in [2.45, 2.75) is 25.2 Å². The minimum absolute atomic E-state index is 0.617. The van der Waals surface area contributed by atoms with Crippen LogP contribution < -0.4 is 10.6 Å². The van der Waals surface area contributed by atoms with E-state index in [4.69, 9.17) is 4.98 Å². The Bertz CT molecular complexity index is 1170. The highest BCUT2D eigenvalue weighted by Crippen LogP contribution is 2.39. The normalized spacial score (nSPS) is 13.8. The summed E-state index contributed by atoms with van der Waals surface area (Å²) >= 11 is 0. The number of aromatic amines is 2. The van der Waals surface area contributed by atoms with Gasteiger partial charge < -0.3 is 20.5 Å². The van der Waals surface area contributed by atoms with Gasteiger partial charge in [0.2, 0.25) is 5.95 Å². The predicted octanol–water partition coefficient (Wildman–Crippen LogP) is 3.87. The number of aromatic nitrogens is 5. The third-order valence-corrected chi connectivity index (χ3v) is 5.63. The van der Waals surface area contributed by atoms with Gasteiger partial charge in [0.1, 0.15) is 5.82 Å². The summed E-state index contributed by atoms with van der Waals surface area (Å²) in [6, 6.07) is 10.5. The van der Waals surface area contributed by atoms with Crippen molar-refractivity contribution in [3.8, 4) is 0 Å². The van der Waals surface area contributed by atoms with E-state index in [-0.39, 0.29) is 0 Å². The summed E-state index contributed by atoms with van der Waals surface area (Å²) < 4.78 is 0. The first-order chi connectivity index (χ1) is 15.2. The Balaban J connectivity index is 1.42. The van der Waals surface area contributed by atoms with E-state index in [0.717, 1.165) is 42.2 Å². The fraction of sp³-hybridized carbons (Fsp3) is 0.348. The summed E-state index contributed by atoms with van der Waals surface area (Å²) in [4.78, 5) is 14.8. The van der Waals surface area contributed by atoms with Crippen molar-refractivity contribution in [1.82, 2.24) is 30.0 Å². The van der Waals surface area contributed by atoms with Crippen LogP contribution in [0.4, 0.5) is 17.6 Å². The van der Waals surface area contributed by atoms with Crippen molar-refractivity contribution in [2.24, 2.45) is 0 Å². The zero-order chi connectivity index (χ0) is 21.2. The average molecular weight is 417 g/mol. The fourth-order valence-electron chi connectivity index (χ4n) is 3.76. The number of likely N-dealkylation sites (N-methyl/N-ethyl adjacent to an activating group) is 1. The molecule has 0 saturated heterocycles. The molecule has 3 heterocycles. The SMILES string of the molecule is CN(C)CCNc1ncc(Cc2cccc3[nH]ccc23)c(Nc2cc(C3CC3)[nH]n2)n1. The average Bonchev–Trinajstić information content (AvgIpc) is 3.29. The van der Waals surface area contributed by atoms with E-state index in [2.05, 4.69) is 80.1 Å². The van der Waals surface area contributed by atoms with Gasteiger partial charge in [-0.15, -0.1) is 0 Å². The van der Waals surface area contributed by atoms with Crippen LogP contribution in [0.1, 0.15) is 35.6 Å². The maximum absolute atomic E-state index is 4.78. The highest BCUT2D eigenvalue weighted by Gasteiger charge is 2.25. The topological polar surface area (TPSA) is 97.6 Å². The minimum Gasteiger partial charge on any atom is -0.361 e. The summed E-state index contributed by atoms with van der Waals surface area (Å²) in [5.41, 5.74) is 4.60. The van der Waals surface area contributed by atoms with Crippen LogP contribution in [-0.4, -0.2) is 57.2 Å². The highest BCUT2D eigenvalue weighted by atomic mass is 15.2. The molecule has 0 spiro atoms. The number of hydrogen-bond donors (Lipinski definition) is 4. The Morgan fingerprint density at radius 2 is 2.06 bits per heavy atom. The van der Waals surface area contributed by atoms with E-state index in [1.54, 1.807) is 0 Å². The number of nitrogens with zero attached hydrogens (tertiary/aromatic N) is 4. The van der Waals surface area contributed by atoms with E-state index >= 15 is 0 Å². The van der Waals surface area contributed by atoms with Crippen LogP contribution in [0, 0.1) is 0 Å². The molecule has 4 N–H and O–H groups in total. The Morgan fingerprint density at radius 3 is 2.90 bits per heavy atom. The van der Waals surface area contributed by atoms with Crippen LogP contribution >= 0.6 is 0 Å². The molecule has 160 valence electrons. The fourth-order valence-corrected chi connectivity index (χ4v) is 3.76. The molecule has 1 aliphatic carbocycles. The highest BCUT2D eigenvalue weighted by molar-refractivity contribution is 5.83. The molecule has 8 nitrogen and oxygen atoms in total. The molecule has 1 saturated carbocycles. The molecular weight excluding hydrogens is 388 g/mol. The minimum atomic E-state index is 0.617. The second kappa shape index (κ2) is 8.39. The molecular formula is C23H28N8. The molecule has 3 aromatic heterocycles. The Morgan fingerprint density at radius 1 is 1.16 bits per heavy atom. The van der Waals surface area contributed by atoms with E-state index in [1.165, 1.54) is 29.5 Å². The lowest BCUT2D eigenvalue weighted by molar-refractivity contribution is 0.425. The molecule has 1 aromatic carbocycles. The summed E-state index contributed by atoms with van der Waals surface area (Å²) in [7, 11) is 4.10. The van der Waals surface area contributed by atoms with Gasteiger partial charge in [0, 0.05) is 66.0 Å². The number of rotatable bonds is 9. The van der Waals surface area contributed by atoms with Gasteiger partial charge in [0.25, 0.3) is 0 Å². The standard InChI is InChI=1S/C23H28N8/c1-31(2)11-10-25-23-26-14-17(12-16-4-3-5-19-18(16)8-9-24-19)22(28-23)27-21-13-20(29-30-21)15-6-7-15/h3-5,8-9,13-15,24H,6-7,10-12H2,1-2H3,(H3,25,26,27,28,29,30). The third-order valence-electron chi connectivity index (χ3n) is 5.63. The van der Waals surface area contributed by atoms with Crippen LogP contribution in [0.15, 0.2) is 42.7 Å². The first-order valence-electron chi connectivity index (χ1n) is 10.8. The molecule has 4 aromatic rings. The second-order valence-electron chi connectivity index (χ2n) is 8.44. The van der Waals surface area contributed by atoms with Crippen LogP contribution in [0.5, 0.6) is 0 Å². The summed E-state index contributed by atoms with van der Waals surface area (Å²) in [5.74, 6) is 2.82. The van der Waals surface area contributed by atoms with Gasteiger partial charge in [-0.05, 0) is 44.6 Å². The Hall–Kier alpha value is -3.39. The van der Waals surface area contributed by atoms with Crippen LogP contribution in [-0.2, 0) is 6.42 Å². The molecule has 0 aliphatic heterocycles. The molecule has 8 heteroatoms. The van der Waals surface area contributed by atoms with Gasteiger partial charge in [-0.3, -0.25) is 5.10 Å². The van der Waals surface area contributed by atoms with Crippen molar-refractivity contribution in [3.63, 3.8) is 0 Å². The molecule has 0 amide bonds. The van der Waals surface area contributed by atoms with E-state index in [1.807, 2.05) is 12.4 Å². The zero-order valence-electron chi connectivity index (χ0n) is 17.9. The quantitative estimate of drug-likeness (QED) is 0.331. The van der Waals surface area contributed by atoms with Crippen LogP contribution in [0.25, 0.3) is 10.9 Å². The van der Waals surface area contributed by atoms with Gasteiger partial charge in [-0.25, -0.2) is 4.98 Å². The number of benzene rings is 1. The number of H-pyrrole nitrogens is 2. The number of nitrogens with one attached hydrogen (secondary N) is 4. The van der Waals surface area contributed by atoms with Gasteiger partial charge >= 0.3 is 0 Å². The molecule has 5 rings (SSSR count). The first-order valence-corrected chi connectivity index (χ1v) is 10.8. The molecule has 1 aliphatic rings. The van der Waals surface area contributed by atoms with Gasteiger partial charge in [0.15, 0.2) is 5.82 Å². The molecule has 0 radical (unpaired) electrons. The lowest BCUT2D eigenvalue weighted by atomic mass is 10.0. The second-order valence-corrected chi connectivity index (χ2v) is 8.44. The van der Waals surface area contributed by atoms with E-state index < -0.39 is 0 Å². The largest absolute Gasteiger partial charge is 0.361 e.